The van der Waals surface area contributed by atoms with Gasteiger partial charge in [0.1, 0.15) is 11.7 Å². The lowest BCUT2D eigenvalue weighted by Crippen LogP contribution is -2.46. The Kier molecular flexibility index (Phi) is 8.04. The number of para-hydroxylation sites is 2. The Morgan fingerprint density at radius 1 is 1.00 bits per heavy atom. The Bertz CT molecular complexity index is 914. The molecule has 0 aliphatic heterocycles. The zero-order chi connectivity index (χ0) is 22.1. The molecule has 9 heteroatoms. The molecule has 0 aromatic heterocycles. The summed E-state index contributed by atoms with van der Waals surface area (Å²) in [5, 5.41) is 16.0. The summed E-state index contributed by atoms with van der Waals surface area (Å²) in [5.41, 5.74) is 0.528. The zero-order valence-corrected chi connectivity index (χ0v) is 16.7. The summed E-state index contributed by atoms with van der Waals surface area (Å²) in [5.74, 6) is -2.10. The molecule has 0 spiro atoms. The van der Waals surface area contributed by atoms with Crippen molar-refractivity contribution >= 4 is 29.2 Å². The van der Waals surface area contributed by atoms with Crippen LogP contribution in [0.2, 0.25) is 0 Å². The van der Waals surface area contributed by atoms with Gasteiger partial charge in [0.2, 0.25) is 5.91 Å². The first-order valence-electron chi connectivity index (χ1n) is 9.31. The van der Waals surface area contributed by atoms with Crippen LogP contribution in [0.4, 0.5) is 11.4 Å². The smallest absolute Gasteiger partial charge is 0.329 e. The number of amides is 2. The van der Waals surface area contributed by atoms with E-state index >= 15 is 0 Å². The van der Waals surface area contributed by atoms with Crippen LogP contribution >= 0.6 is 0 Å². The van der Waals surface area contributed by atoms with Crippen molar-refractivity contribution in [3.05, 3.63) is 70.3 Å². The SMILES string of the molecule is CC(C)[C@H](NC(=O)Cc1ccccc1)C(=O)OCC(=O)Nc1ccccc1[N+](=O)[O-]. The standard InChI is InChI=1S/C21H23N3O6/c1-14(2)20(23-18(25)12-15-8-4-3-5-9-15)21(27)30-13-19(26)22-16-10-6-7-11-17(16)24(28)29/h3-11,14,20H,12-13H2,1-2H3,(H,22,26)(H,23,25)/t20-/m0/s1. The number of nitro benzene ring substituents is 1. The van der Waals surface area contributed by atoms with Crippen molar-refractivity contribution < 1.29 is 24.0 Å². The van der Waals surface area contributed by atoms with Crippen molar-refractivity contribution in [3.8, 4) is 0 Å². The lowest BCUT2D eigenvalue weighted by atomic mass is 10.0. The Morgan fingerprint density at radius 3 is 2.27 bits per heavy atom. The number of esters is 1. The minimum absolute atomic E-state index is 0.000113. The maximum Gasteiger partial charge on any atom is 0.329 e. The molecule has 1 atom stereocenters. The Hall–Kier alpha value is -3.75. The average Bonchev–Trinajstić information content (AvgIpc) is 2.71. The van der Waals surface area contributed by atoms with Gasteiger partial charge in [-0.1, -0.05) is 56.3 Å². The summed E-state index contributed by atoms with van der Waals surface area (Å²) < 4.78 is 5.02. The van der Waals surface area contributed by atoms with Crippen LogP contribution in [0, 0.1) is 16.0 Å². The highest BCUT2D eigenvalue weighted by atomic mass is 16.6. The first kappa shape index (κ1) is 22.5. The number of benzene rings is 2. The van der Waals surface area contributed by atoms with Crippen molar-refractivity contribution in [1.82, 2.24) is 5.32 Å². The lowest BCUT2D eigenvalue weighted by Gasteiger charge is -2.20. The van der Waals surface area contributed by atoms with Crippen LogP contribution in [-0.2, 0) is 25.5 Å². The molecule has 0 saturated heterocycles. The van der Waals surface area contributed by atoms with E-state index in [4.69, 9.17) is 4.74 Å². The molecule has 2 amide bonds. The topological polar surface area (TPSA) is 128 Å². The lowest BCUT2D eigenvalue weighted by molar-refractivity contribution is -0.383. The van der Waals surface area contributed by atoms with Crippen molar-refractivity contribution in [2.45, 2.75) is 26.3 Å². The number of anilines is 1. The molecule has 0 bridgehead atoms. The van der Waals surface area contributed by atoms with Crippen LogP contribution in [0.15, 0.2) is 54.6 Å². The molecular formula is C21H23N3O6. The van der Waals surface area contributed by atoms with Crippen LogP contribution in [0.5, 0.6) is 0 Å². The van der Waals surface area contributed by atoms with Gasteiger partial charge in [-0.2, -0.15) is 0 Å². The number of carbonyl (C=O) groups is 3. The second-order valence-corrected chi connectivity index (χ2v) is 6.88. The van der Waals surface area contributed by atoms with Crippen LogP contribution in [0.1, 0.15) is 19.4 Å². The van der Waals surface area contributed by atoms with E-state index < -0.39 is 29.4 Å². The first-order chi connectivity index (χ1) is 14.3. The molecule has 0 aliphatic rings. The third-order valence-corrected chi connectivity index (χ3v) is 4.16. The molecule has 2 N–H and O–H groups in total. The monoisotopic (exact) mass is 413 g/mol. The van der Waals surface area contributed by atoms with Crippen LogP contribution in [0.25, 0.3) is 0 Å². The second-order valence-electron chi connectivity index (χ2n) is 6.88. The van der Waals surface area contributed by atoms with Crippen molar-refractivity contribution in [2.75, 3.05) is 11.9 Å². The van der Waals surface area contributed by atoms with E-state index in [1.54, 1.807) is 26.0 Å². The number of nitrogens with one attached hydrogen (secondary N) is 2. The molecule has 2 aromatic carbocycles. The van der Waals surface area contributed by atoms with Gasteiger partial charge < -0.3 is 15.4 Å². The van der Waals surface area contributed by atoms with Gasteiger partial charge >= 0.3 is 5.97 Å². The highest BCUT2D eigenvalue weighted by Gasteiger charge is 2.26. The van der Waals surface area contributed by atoms with Crippen LogP contribution < -0.4 is 10.6 Å². The van der Waals surface area contributed by atoms with E-state index in [1.165, 1.54) is 24.3 Å². The van der Waals surface area contributed by atoms with Gasteiger partial charge in [-0.3, -0.25) is 19.7 Å². The molecule has 0 saturated carbocycles. The third-order valence-electron chi connectivity index (χ3n) is 4.16. The van der Waals surface area contributed by atoms with E-state index in [2.05, 4.69) is 10.6 Å². The highest BCUT2D eigenvalue weighted by Crippen LogP contribution is 2.22. The fourth-order valence-electron chi connectivity index (χ4n) is 2.65. The number of nitrogens with zero attached hydrogens (tertiary/aromatic N) is 1. The largest absolute Gasteiger partial charge is 0.454 e. The fraction of sp³-hybridized carbons (Fsp3) is 0.286. The summed E-state index contributed by atoms with van der Waals surface area (Å²) in [6.07, 6.45) is 0.107. The van der Waals surface area contributed by atoms with Crippen molar-refractivity contribution in [3.63, 3.8) is 0 Å². The van der Waals surface area contributed by atoms with E-state index in [0.29, 0.717) is 0 Å². The quantitative estimate of drug-likeness (QED) is 0.369. The number of hydrogen-bond acceptors (Lipinski definition) is 6. The minimum Gasteiger partial charge on any atom is -0.454 e. The summed E-state index contributed by atoms with van der Waals surface area (Å²) in [7, 11) is 0. The fourth-order valence-corrected chi connectivity index (χ4v) is 2.65. The Labute approximate surface area is 173 Å². The average molecular weight is 413 g/mol. The predicted octanol–water partition coefficient (Wildman–Crippen LogP) is 2.46. The number of carbonyl (C=O) groups excluding carboxylic acids is 3. The minimum atomic E-state index is -0.930. The summed E-state index contributed by atoms with van der Waals surface area (Å²) in [4.78, 5) is 47.0. The molecule has 0 heterocycles. The van der Waals surface area contributed by atoms with Crippen molar-refractivity contribution in [1.29, 1.82) is 0 Å². The predicted molar refractivity (Wildman–Crippen MR) is 110 cm³/mol. The number of rotatable bonds is 9. The third kappa shape index (κ3) is 6.69. The van der Waals surface area contributed by atoms with Gasteiger partial charge in [0.05, 0.1) is 11.3 Å². The van der Waals surface area contributed by atoms with Gasteiger partial charge in [0.25, 0.3) is 11.6 Å². The van der Waals surface area contributed by atoms with Gasteiger partial charge in [0, 0.05) is 6.07 Å². The molecule has 30 heavy (non-hydrogen) atoms. The molecule has 0 fully saturated rings. The van der Waals surface area contributed by atoms with E-state index in [0.717, 1.165) is 5.56 Å². The van der Waals surface area contributed by atoms with E-state index in [9.17, 15) is 24.5 Å². The van der Waals surface area contributed by atoms with Crippen LogP contribution in [0.3, 0.4) is 0 Å². The van der Waals surface area contributed by atoms with Gasteiger partial charge in [0.15, 0.2) is 6.61 Å². The summed E-state index contributed by atoms with van der Waals surface area (Å²) in [6.45, 7) is 2.84. The molecule has 2 rings (SSSR count). The summed E-state index contributed by atoms with van der Waals surface area (Å²) in [6, 6.07) is 13.8. The highest BCUT2D eigenvalue weighted by molar-refractivity contribution is 5.95. The molecule has 158 valence electrons. The first-order valence-corrected chi connectivity index (χ1v) is 9.31. The number of nitro groups is 1. The Morgan fingerprint density at radius 2 is 1.63 bits per heavy atom. The van der Waals surface area contributed by atoms with Gasteiger partial charge in [-0.05, 0) is 17.5 Å². The van der Waals surface area contributed by atoms with E-state index in [1.807, 2.05) is 18.2 Å². The van der Waals surface area contributed by atoms with Gasteiger partial charge in [-0.25, -0.2) is 4.79 Å². The molecule has 9 nitrogen and oxygen atoms in total. The van der Waals surface area contributed by atoms with Gasteiger partial charge in [-0.15, -0.1) is 0 Å². The summed E-state index contributed by atoms with van der Waals surface area (Å²) >= 11 is 0. The zero-order valence-electron chi connectivity index (χ0n) is 16.7. The normalized spacial score (nSPS) is 11.4. The maximum atomic E-state index is 12.4. The number of hydrogen-bond donors (Lipinski definition) is 2. The molecule has 2 aromatic rings. The molecule has 0 aliphatic carbocycles. The molecule has 0 unspecified atom stereocenters. The molecule has 0 radical (unpaired) electrons. The van der Waals surface area contributed by atoms with Crippen molar-refractivity contribution in [2.24, 2.45) is 5.92 Å². The molecular weight excluding hydrogens is 390 g/mol. The Balaban J connectivity index is 1.91. The van der Waals surface area contributed by atoms with E-state index in [-0.39, 0.29) is 29.6 Å². The van der Waals surface area contributed by atoms with Crippen LogP contribution in [-0.4, -0.2) is 35.4 Å². The second kappa shape index (κ2) is 10.7. The maximum absolute atomic E-state index is 12.4. The number of ether oxygens (including phenoxy) is 1.